The van der Waals surface area contributed by atoms with Crippen LogP contribution in [0.4, 0.5) is 0 Å². The van der Waals surface area contributed by atoms with Crippen molar-refractivity contribution in [1.29, 1.82) is 0 Å². The molecule has 2 aliphatic heterocycles. The Morgan fingerprint density at radius 2 is 1.86 bits per heavy atom. The summed E-state index contributed by atoms with van der Waals surface area (Å²) < 4.78 is 11.1. The minimum absolute atomic E-state index is 0.126. The molecule has 9 nitrogen and oxygen atoms in total. The standard InChI is InChI=1S/C27H39NO8/c1-16(21(30)15-20(29)12-19-13-23(31)28-24(32)14-19)11-17(2)27-18(3)26(34)22(35-4)9-7-5-6-8-10-25(33)36-27/h7-11,16,18-20,22,26-27,29,34H,5-6,12-15H2,1-4H3,(H,28,31,32)/b9-7+,10-8+,17-11+/t16-,18-,20+,22-,26-,27+/m0/s1. The first-order valence-electron chi connectivity index (χ1n) is 12.5. The Balaban J connectivity index is 2.10. The van der Waals surface area contributed by atoms with Crippen molar-refractivity contribution in [2.75, 3.05) is 7.11 Å². The second-order valence-electron chi connectivity index (χ2n) is 9.82. The summed E-state index contributed by atoms with van der Waals surface area (Å²) >= 11 is 0. The average molecular weight is 506 g/mol. The maximum atomic E-state index is 12.8. The van der Waals surface area contributed by atoms with Crippen molar-refractivity contribution in [3.63, 3.8) is 0 Å². The molecule has 1 fully saturated rings. The fraction of sp³-hybridized carbons (Fsp3) is 0.630. The molecule has 0 spiro atoms. The van der Waals surface area contributed by atoms with E-state index in [1.165, 1.54) is 13.2 Å². The number of ether oxygens (including phenoxy) is 2. The van der Waals surface area contributed by atoms with E-state index in [4.69, 9.17) is 9.47 Å². The van der Waals surface area contributed by atoms with Gasteiger partial charge in [-0.05, 0) is 37.7 Å². The zero-order chi connectivity index (χ0) is 26.8. The highest BCUT2D eigenvalue weighted by molar-refractivity contribution is 5.97. The van der Waals surface area contributed by atoms with Crippen molar-refractivity contribution in [3.05, 3.63) is 36.0 Å². The first-order valence-corrected chi connectivity index (χ1v) is 12.5. The SMILES string of the molecule is CO[C@H]1/C=C/CC/C=C/C(=O)O[C@H](/C(C)=C/[C@H](C)C(=O)C[C@H](O)CC2CC(=O)NC(=O)C2)[C@@H](C)[C@@H]1O. The van der Waals surface area contributed by atoms with E-state index in [0.717, 1.165) is 0 Å². The zero-order valence-electron chi connectivity index (χ0n) is 21.5. The Bertz CT molecular complexity index is 876. The van der Waals surface area contributed by atoms with Gasteiger partial charge >= 0.3 is 5.97 Å². The third-order valence-electron chi connectivity index (χ3n) is 6.69. The van der Waals surface area contributed by atoms with E-state index in [2.05, 4.69) is 5.32 Å². The van der Waals surface area contributed by atoms with Gasteiger partial charge in [0.25, 0.3) is 0 Å². The van der Waals surface area contributed by atoms with Crippen LogP contribution in [-0.4, -0.2) is 65.3 Å². The van der Waals surface area contributed by atoms with Crippen molar-refractivity contribution in [1.82, 2.24) is 5.32 Å². The normalized spacial score (nSPS) is 30.3. The second kappa shape index (κ2) is 14.2. The first-order chi connectivity index (χ1) is 17.0. The highest BCUT2D eigenvalue weighted by Gasteiger charge is 2.33. The molecule has 0 aromatic heterocycles. The lowest BCUT2D eigenvalue weighted by Gasteiger charge is -2.31. The number of nitrogens with one attached hydrogen (secondary N) is 1. The molecule has 36 heavy (non-hydrogen) atoms. The number of rotatable bonds is 8. The van der Waals surface area contributed by atoms with Gasteiger partial charge in [-0.1, -0.05) is 38.2 Å². The summed E-state index contributed by atoms with van der Waals surface area (Å²) in [7, 11) is 1.50. The van der Waals surface area contributed by atoms with E-state index in [1.54, 1.807) is 39.0 Å². The number of carbonyl (C=O) groups is 4. The molecular weight excluding hydrogens is 466 g/mol. The summed E-state index contributed by atoms with van der Waals surface area (Å²) in [4.78, 5) is 48.3. The van der Waals surface area contributed by atoms with Crippen molar-refractivity contribution in [2.24, 2.45) is 17.8 Å². The number of allylic oxidation sites excluding steroid dienone is 3. The maximum absolute atomic E-state index is 12.8. The molecular formula is C27H39NO8. The third-order valence-corrected chi connectivity index (χ3v) is 6.69. The number of aliphatic hydroxyl groups excluding tert-OH is 2. The van der Waals surface area contributed by atoms with Crippen LogP contribution >= 0.6 is 0 Å². The maximum Gasteiger partial charge on any atom is 0.331 e. The van der Waals surface area contributed by atoms with Gasteiger partial charge in [0.15, 0.2) is 0 Å². The highest BCUT2D eigenvalue weighted by atomic mass is 16.5. The van der Waals surface area contributed by atoms with E-state index in [1.807, 2.05) is 6.08 Å². The van der Waals surface area contributed by atoms with Crippen LogP contribution in [-0.2, 0) is 28.7 Å². The Labute approximate surface area is 212 Å². The molecule has 2 amide bonds. The molecule has 0 bridgehead atoms. The molecule has 200 valence electrons. The van der Waals surface area contributed by atoms with Gasteiger partial charge in [0.1, 0.15) is 18.0 Å². The van der Waals surface area contributed by atoms with Gasteiger partial charge in [0, 0.05) is 44.3 Å². The van der Waals surface area contributed by atoms with E-state index in [0.29, 0.717) is 18.4 Å². The smallest absolute Gasteiger partial charge is 0.331 e. The van der Waals surface area contributed by atoms with Gasteiger partial charge in [0.2, 0.25) is 11.8 Å². The van der Waals surface area contributed by atoms with E-state index >= 15 is 0 Å². The molecule has 0 unspecified atom stereocenters. The first kappa shape index (κ1) is 29.6. The summed E-state index contributed by atoms with van der Waals surface area (Å²) in [5.74, 6) is -2.92. The van der Waals surface area contributed by atoms with Crippen LogP contribution in [0.5, 0.6) is 0 Å². The lowest BCUT2D eigenvalue weighted by molar-refractivity contribution is -0.147. The van der Waals surface area contributed by atoms with Crippen molar-refractivity contribution >= 4 is 23.6 Å². The molecule has 9 heteroatoms. The summed E-state index contributed by atoms with van der Waals surface area (Å²) in [6.07, 6.45) is 6.84. The largest absolute Gasteiger partial charge is 0.454 e. The quantitative estimate of drug-likeness (QED) is 0.259. The fourth-order valence-corrected chi connectivity index (χ4v) is 4.68. The number of esters is 1. The molecule has 0 aromatic carbocycles. The number of cyclic esters (lactones) is 1. The Morgan fingerprint density at radius 3 is 2.50 bits per heavy atom. The number of hydrogen-bond donors (Lipinski definition) is 3. The van der Waals surface area contributed by atoms with Crippen LogP contribution in [0.2, 0.25) is 0 Å². The molecule has 2 aliphatic rings. The van der Waals surface area contributed by atoms with Crippen molar-refractivity contribution < 1.29 is 38.9 Å². The minimum Gasteiger partial charge on any atom is -0.454 e. The lowest BCUT2D eigenvalue weighted by Crippen LogP contribution is -2.41. The van der Waals surface area contributed by atoms with Gasteiger partial charge in [-0.25, -0.2) is 4.79 Å². The number of methoxy groups -OCH3 is 1. The van der Waals surface area contributed by atoms with Crippen molar-refractivity contribution in [3.8, 4) is 0 Å². The highest BCUT2D eigenvalue weighted by Crippen LogP contribution is 2.26. The number of Topliss-reactive ketones (excluding diaryl/α,β-unsaturated/α-hetero) is 1. The van der Waals surface area contributed by atoms with Gasteiger partial charge in [0.05, 0.1) is 12.2 Å². The number of carbonyl (C=O) groups excluding carboxylic acids is 4. The summed E-state index contributed by atoms with van der Waals surface area (Å²) in [5, 5.41) is 23.6. The van der Waals surface area contributed by atoms with Crippen LogP contribution in [0.15, 0.2) is 36.0 Å². The Kier molecular flexibility index (Phi) is 11.7. The minimum atomic E-state index is -0.975. The van der Waals surface area contributed by atoms with Gasteiger partial charge in [-0.3, -0.25) is 19.7 Å². The number of piperidine rings is 1. The lowest BCUT2D eigenvalue weighted by atomic mass is 9.86. The molecule has 6 atom stereocenters. The van der Waals surface area contributed by atoms with Gasteiger partial charge < -0.3 is 19.7 Å². The number of amides is 2. The van der Waals surface area contributed by atoms with E-state index in [9.17, 15) is 29.4 Å². The van der Waals surface area contributed by atoms with E-state index < -0.39 is 42.2 Å². The number of aliphatic hydroxyl groups is 2. The molecule has 0 aromatic rings. The summed E-state index contributed by atoms with van der Waals surface area (Å²) in [5.41, 5.74) is 0.601. The monoisotopic (exact) mass is 505 g/mol. The predicted octanol–water partition coefficient (Wildman–Crippen LogP) is 2.16. The molecule has 2 rings (SSSR count). The molecule has 0 radical (unpaired) electrons. The molecule has 3 N–H and O–H groups in total. The van der Waals surface area contributed by atoms with Crippen molar-refractivity contribution in [2.45, 2.75) is 83.7 Å². The number of ketones is 1. The molecule has 0 aliphatic carbocycles. The second-order valence-corrected chi connectivity index (χ2v) is 9.82. The summed E-state index contributed by atoms with van der Waals surface area (Å²) in [6, 6.07) is 0. The number of imide groups is 1. The molecule has 0 saturated carbocycles. The molecule has 2 heterocycles. The average Bonchev–Trinajstić information content (AvgIpc) is 2.79. The van der Waals surface area contributed by atoms with Crippen LogP contribution in [0.25, 0.3) is 0 Å². The third kappa shape index (κ3) is 9.11. The predicted molar refractivity (Wildman–Crippen MR) is 132 cm³/mol. The van der Waals surface area contributed by atoms with Gasteiger partial charge in [-0.15, -0.1) is 0 Å². The van der Waals surface area contributed by atoms with Crippen LogP contribution < -0.4 is 5.32 Å². The number of hydrogen-bond acceptors (Lipinski definition) is 8. The zero-order valence-corrected chi connectivity index (χ0v) is 21.5. The van der Waals surface area contributed by atoms with Gasteiger partial charge in [-0.2, -0.15) is 0 Å². The molecule has 1 saturated heterocycles. The summed E-state index contributed by atoms with van der Waals surface area (Å²) in [6.45, 7) is 5.18. The van der Waals surface area contributed by atoms with E-state index in [-0.39, 0.29) is 49.2 Å². The fourth-order valence-electron chi connectivity index (χ4n) is 4.68. The Hall–Kier alpha value is -2.62. The topological polar surface area (TPSA) is 139 Å². The Morgan fingerprint density at radius 1 is 1.22 bits per heavy atom. The van der Waals surface area contributed by atoms with Crippen LogP contribution in [0.1, 0.15) is 59.3 Å². The van der Waals surface area contributed by atoms with Crippen LogP contribution in [0, 0.1) is 17.8 Å². The van der Waals surface area contributed by atoms with Crippen LogP contribution in [0.3, 0.4) is 0 Å².